The molecule has 1 aromatic heterocycles. The van der Waals surface area contributed by atoms with Crippen molar-refractivity contribution in [2.45, 2.75) is 36.8 Å². The number of hydrogen-bond donors (Lipinski definition) is 1. The molecule has 0 radical (unpaired) electrons. The van der Waals surface area contributed by atoms with Crippen LogP contribution in [0.1, 0.15) is 26.2 Å². The molecule has 14 heavy (non-hydrogen) atoms. The second-order valence-corrected chi connectivity index (χ2v) is 4.53. The van der Waals surface area contributed by atoms with Crippen LogP contribution in [0.4, 0.5) is 5.82 Å². The van der Waals surface area contributed by atoms with Crippen LogP contribution in [0.5, 0.6) is 0 Å². The van der Waals surface area contributed by atoms with Gasteiger partial charge in [0.15, 0.2) is 0 Å². The Balaban J connectivity index is 2.09. The van der Waals surface area contributed by atoms with Crippen LogP contribution in [-0.2, 0) is 0 Å². The lowest BCUT2D eigenvalue weighted by molar-refractivity contribution is 0.696. The summed E-state index contributed by atoms with van der Waals surface area (Å²) in [5.41, 5.74) is 0.337. The van der Waals surface area contributed by atoms with E-state index in [1.165, 1.54) is 19.3 Å². The van der Waals surface area contributed by atoms with Crippen molar-refractivity contribution in [3.63, 3.8) is 0 Å². The smallest absolute Gasteiger partial charge is 0.130 e. The number of thioether (sulfide) groups is 1. The third kappa shape index (κ3) is 2.00. The summed E-state index contributed by atoms with van der Waals surface area (Å²) in [7, 11) is 0. The Labute approximate surface area is 88.7 Å². The van der Waals surface area contributed by atoms with E-state index in [2.05, 4.69) is 22.2 Å². The maximum atomic E-state index is 4.22. The first kappa shape index (κ1) is 9.77. The highest BCUT2D eigenvalue weighted by Gasteiger charge is 2.40. The fourth-order valence-electron chi connectivity index (χ4n) is 1.51. The molecular weight excluding hydrogens is 194 g/mol. The summed E-state index contributed by atoms with van der Waals surface area (Å²) in [6, 6.07) is 2.01. The Bertz CT molecular complexity index is 323. The molecule has 1 aliphatic carbocycles. The minimum absolute atomic E-state index is 0.337. The number of anilines is 1. The molecule has 1 fully saturated rings. The van der Waals surface area contributed by atoms with Crippen molar-refractivity contribution in [2.24, 2.45) is 0 Å². The van der Waals surface area contributed by atoms with Crippen LogP contribution < -0.4 is 5.32 Å². The zero-order valence-electron chi connectivity index (χ0n) is 8.58. The van der Waals surface area contributed by atoms with Crippen LogP contribution in [0.15, 0.2) is 17.4 Å². The molecule has 1 heterocycles. The first-order valence-electron chi connectivity index (χ1n) is 4.92. The zero-order valence-corrected chi connectivity index (χ0v) is 9.40. The van der Waals surface area contributed by atoms with E-state index in [-0.39, 0.29) is 0 Å². The zero-order chi connectivity index (χ0) is 10.0. The monoisotopic (exact) mass is 209 g/mol. The summed E-state index contributed by atoms with van der Waals surface area (Å²) in [5.74, 6) is 0.962. The van der Waals surface area contributed by atoms with Gasteiger partial charge in [-0.25, -0.2) is 9.97 Å². The molecule has 1 aliphatic rings. The molecule has 0 spiro atoms. The van der Waals surface area contributed by atoms with Gasteiger partial charge < -0.3 is 5.32 Å². The number of aromatic nitrogens is 2. The average molecular weight is 209 g/mol. The highest BCUT2D eigenvalue weighted by atomic mass is 32.2. The molecule has 0 atom stereocenters. The fourth-order valence-corrected chi connectivity index (χ4v) is 1.89. The quantitative estimate of drug-likeness (QED) is 0.611. The summed E-state index contributed by atoms with van der Waals surface area (Å²) >= 11 is 1.65. The lowest BCUT2D eigenvalue weighted by Crippen LogP contribution is -2.20. The molecule has 0 saturated heterocycles. The molecule has 0 aromatic carbocycles. The van der Waals surface area contributed by atoms with Gasteiger partial charge in [0.2, 0.25) is 0 Å². The van der Waals surface area contributed by atoms with E-state index >= 15 is 0 Å². The molecule has 0 unspecified atom stereocenters. The van der Waals surface area contributed by atoms with Gasteiger partial charge in [-0.15, -0.1) is 11.8 Å². The molecule has 2 rings (SSSR count). The Morgan fingerprint density at radius 2 is 2.29 bits per heavy atom. The highest BCUT2D eigenvalue weighted by Crippen LogP contribution is 2.41. The maximum Gasteiger partial charge on any atom is 0.130 e. The second-order valence-electron chi connectivity index (χ2n) is 3.70. The first-order chi connectivity index (χ1) is 6.78. The van der Waals surface area contributed by atoms with E-state index in [1.54, 1.807) is 18.1 Å². The van der Waals surface area contributed by atoms with E-state index in [1.807, 2.05) is 12.3 Å². The van der Waals surface area contributed by atoms with Crippen molar-refractivity contribution in [3.8, 4) is 0 Å². The molecule has 3 nitrogen and oxygen atoms in total. The van der Waals surface area contributed by atoms with Gasteiger partial charge in [-0.05, 0) is 25.5 Å². The Hall–Kier alpha value is -0.770. The molecule has 1 saturated carbocycles. The van der Waals surface area contributed by atoms with Crippen molar-refractivity contribution in [1.82, 2.24) is 9.97 Å². The van der Waals surface area contributed by atoms with E-state index in [0.717, 1.165) is 10.8 Å². The van der Waals surface area contributed by atoms with Crippen LogP contribution in [0.25, 0.3) is 0 Å². The third-order valence-electron chi connectivity index (χ3n) is 2.77. The summed E-state index contributed by atoms with van der Waals surface area (Å²) in [4.78, 5) is 8.37. The molecule has 0 aliphatic heterocycles. The fraction of sp³-hybridized carbons (Fsp3) is 0.600. The molecular formula is C10H15N3S. The topological polar surface area (TPSA) is 37.8 Å². The van der Waals surface area contributed by atoms with Gasteiger partial charge in [0, 0.05) is 11.6 Å². The van der Waals surface area contributed by atoms with Crippen LogP contribution in [0, 0.1) is 0 Å². The Kier molecular flexibility index (Phi) is 2.63. The van der Waals surface area contributed by atoms with Gasteiger partial charge in [0.05, 0.1) is 0 Å². The minimum Gasteiger partial charge on any atom is -0.365 e. The van der Waals surface area contributed by atoms with Crippen LogP contribution in [0.2, 0.25) is 0 Å². The molecule has 1 aromatic rings. The number of hydrogen-bond acceptors (Lipinski definition) is 4. The summed E-state index contributed by atoms with van der Waals surface area (Å²) < 4.78 is 0. The number of rotatable bonds is 4. The molecule has 4 heteroatoms. The van der Waals surface area contributed by atoms with Gasteiger partial charge in [-0.3, -0.25) is 0 Å². The average Bonchev–Trinajstić information content (AvgIpc) is 2.99. The predicted octanol–water partition coefficient (Wildman–Crippen LogP) is 2.55. The summed E-state index contributed by atoms with van der Waals surface area (Å²) in [5, 5.41) is 4.51. The number of nitrogens with zero attached hydrogens (tertiary/aromatic N) is 2. The van der Waals surface area contributed by atoms with Gasteiger partial charge in [-0.1, -0.05) is 6.92 Å². The lowest BCUT2D eigenvalue weighted by atomic mass is 10.2. The standard InChI is InChI=1S/C10H15N3S/c1-3-10(4-5-10)13-8-6-9(14-2)12-7-11-8/h6-7H,3-5H2,1-2H3,(H,11,12,13). The van der Waals surface area contributed by atoms with Crippen molar-refractivity contribution < 1.29 is 0 Å². The van der Waals surface area contributed by atoms with Crippen LogP contribution in [-0.4, -0.2) is 21.8 Å². The lowest BCUT2D eigenvalue weighted by Gasteiger charge is -2.15. The van der Waals surface area contributed by atoms with Gasteiger partial charge >= 0.3 is 0 Å². The van der Waals surface area contributed by atoms with Gasteiger partial charge in [0.1, 0.15) is 17.2 Å². The van der Waals surface area contributed by atoms with Gasteiger partial charge in [-0.2, -0.15) is 0 Å². The van der Waals surface area contributed by atoms with Crippen molar-refractivity contribution in [3.05, 3.63) is 12.4 Å². The largest absolute Gasteiger partial charge is 0.365 e. The molecule has 0 amide bonds. The van der Waals surface area contributed by atoms with Crippen molar-refractivity contribution in [1.29, 1.82) is 0 Å². The Morgan fingerprint density at radius 1 is 1.50 bits per heavy atom. The van der Waals surface area contributed by atoms with Crippen molar-refractivity contribution >= 4 is 17.6 Å². The Morgan fingerprint density at radius 3 is 2.86 bits per heavy atom. The summed E-state index contributed by atoms with van der Waals surface area (Å²) in [6.45, 7) is 2.22. The van der Waals surface area contributed by atoms with Crippen molar-refractivity contribution in [2.75, 3.05) is 11.6 Å². The normalized spacial score (nSPS) is 17.9. The van der Waals surface area contributed by atoms with E-state index in [9.17, 15) is 0 Å². The highest BCUT2D eigenvalue weighted by molar-refractivity contribution is 7.98. The van der Waals surface area contributed by atoms with E-state index in [4.69, 9.17) is 0 Å². The molecule has 76 valence electrons. The maximum absolute atomic E-state index is 4.22. The SMILES string of the molecule is CCC1(Nc2cc(SC)ncn2)CC1. The van der Waals surface area contributed by atoms with E-state index < -0.39 is 0 Å². The second kappa shape index (κ2) is 3.77. The predicted molar refractivity (Wildman–Crippen MR) is 59.7 cm³/mol. The van der Waals surface area contributed by atoms with E-state index in [0.29, 0.717) is 5.54 Å². The third-order valence-corrected chi connectivity index (χ3v) is 3.42. The minimum atomic E-state index is 0.337. The summed E-state index contributed by atoms with van der Waals surface area (Å²) in [6.07, 6.45) is 7.36. The number of nitrogens with one attached hydrogen (secondary N) is 1. The molecule has 0 bridgehead atoms. The first-order valence-corrected chi connectivity index (χ1v) is 6.15. The van der Waals surface area contributed by atoms with Gasteiger partial charge in [0.25, 0.3) is 0 Å². The molecule has 1 N–H and O–H groups in total. The van der Waals surface area contributed by atoms with Crippen LogP contribution >= 0.6 is 11.8 Å². The van der Waals surface area contributed by atoms with Crippen LogP contribution in [0.3, 0.4) is 0 Å².